The number of nitro benzene ring substituents is 1. The number of rotatable bonds is 13. The minimum Gasteiger partial charge on any atom is -0.490 e. The van der Waals surface area contributed by atoms with Crippen molar-refractivity contribution in [1.82, 2.24) is 4.90 Å². The van der Waals surface area contributed by atoms with Gasteiger partial charge in [0.1, 0.15) is 5.69 Å². The van der Waals surface area contributed by atoms with Crippen LogP contribution in [0.2, 0.25) is 0 Å². The molecule has 11 nitrogen and oxygen atoms in total. The molecule has 0 bridgehead atoms. The van der Waals surface area contributed by atoms with Crippen LogP contribution in [0.5, 0.6) is 23.0 Å². The lowest BCUT2D eigenvalue weighted by atomic mass is 9.87. The number of nitrogens with zero attached hydrogens (tertiary/aromatic N) is 3. The standard InChI is InChI=1S/C35H43N3O8/c1-5-43-31-12-9-24(20-32(31)44-6-2)19-29-27-23-34(46-8-4)33(45-7-3)22-25(27)13-14-37(29)35(39)26-10-11-28(30(21-26)38(40)41)36-15-17-42-18-16-36/h9-12,20-23,29H,5-8,13-19H2,1-4H3. The lowest BCUT2D eigenvalue weighted by Crippen LogP contribution is -2.41. The van der Waals surface area contributed by atoms with Crippen LogP contribution in [0.15, 0.2) is 48.5 Å². The van der Waals surface area contributed by atoms with Crippen molar-refractivity contribution in [2.75, 3.05) is 64.2 Å². The van der Waals surface area contributed by atoms with Crippen LogP contribution in [0.4, 0.5) is 11.4 Å². The first-order chi connectivity index (χ1) is 22.4. The van der Waals surface area contributed by atoms with E-state index in [1.807, 2.05) is 67.8 Å². The van der Waals surface area contributed by atoms with Gasteiger partial charge in [-0.25, -0.2) is 0 Å². The van der Waals surface area contributed by atoms with Crippen molar-refractivity contribution in [2.24, 2.45) is 0 Å². The number of morpholine rings is 1. The Labute approximate surface area is 270 Å². The van der Waals surface area contributed by atoms with E-state index in [1.165, 1.54) is 6.07 Å². The van der Waals surface area contributed by atoms with Crippen molar-refractivity contribution in [3.05, 3.63) is 80.9 Å². The lowest BCUT2D eigenvalue weighted by molar-refractivity contribution is -0.384. The zero-order valence-corrected chi connectivity index (χ0v) is 27.1. The largest absolute Gasteiger partial charge is 0.490 e. The van der Waals surface area contributed by atoms with E-state index in [0.29, 0.717) is 101 Å². The Balaban J connectivity index is 1.56. The predicted octanol–water partition coefficient (Wildman–Crippen LogP) is 6.01. The van der Waals surface area contributed by atoms with E-state index in [2.05, 4.69) is 0 Å². The van der Waals surface area contributed by atoms with Gasteiger partial charge in [-0.1, -0.05) is 6.07 Å². The van der Waals surface area contributed by atoms with Gasteiger partial charge >= 0.3 is 0 Å². The minimum atomic E-state index is -0.413. The zero-order chi connectivity index (χ0) is 32.6. The summed E-state index contributed by atoms with van der Waals surface area (Å²) in [5.41, 5.74) is 3.67. The van der Waals surface area contributed by atoms with Gasteiger partial charge in [-0.15, -0.1) is 0 Å². The summed E-state index contributed by atoms with van der Waals surface area (Å²) in [6, 6.07) is 14.3. The SMILES string of the molecule is CCOc1ccc(CC2c3cc(OCC)c(OCC)cc3CCN2C(=O)c2ccc(N3CCOCC3)c([N+](=O)[O-])c2)cc1OCC. The number of ether oxygens (including phenoxy) is 5. The van der Waals surface area contributed by atoms with Crippen molar-refractivity contribution in [3.63, 3.8) is 0 Å². The highest BCUT2D eigenvalue weighted by Gasteiger charge is 2.34. The monoisotopic (exact) mass is 633 g/mol. The van der Waals surface area contributed by atoms with Gasteiger partial charge in [0, 0.05) is 31.3 Å². The molecule has 11 heteroatoms. The fourth-order valence-electron chi connectivity index (χ4n) is 6.19. The number of benzene rings is 3. The maximum absolute atomic E-state index is 14.3. The normalized spacial score (nSPS) is 16.0. The molecule has 5 rings (SSSR count). The molecule has 46 heavy (non-hydrogen) atoms. The van der Waals surface area contributed by atoms with E-state index in [-0.39, 0.29) is 23.2 Å². The van der Waals surface area contributed by atoms with Gasteiger partial charge in [0.15, 0.2) is 23.0 Å². The van der Waals surface area contributed by atoms with Crippen LogP contribution in [0.25, 0.3) is 0 Å². The number of nitro groups is 1. The van der Waals surface area contributed by atoms with E-state index in [9.17, 15) is 14.9 Å². The fraction of sp³-hybridized carbons (Fsp3) is 0.457. The molecule has 2 aliphatic heterocycles. The second kappa shape index (κ2) is 15.2. The molecular formula is C35H43N3O8. The summed E-state index contributed by atoms with van der Waals surface area (Å²) in [5.74, 6) is 2.34. The molecule has 2 heterocycles. The average molecular weight is 634 g/mol. The van der Waals surface area contributed by atoms with Crippen LogP contribution in [0.1, 0.15) is 60.8 Å². The zero-order valence-electron chi connectivity index (χ0n) is 27.1. The first-order valence-electron chi connectivity index (χ1n) is 16.1. The first kappa shape index (κ1) is 32.9. The molecule has 0 spiro atoms. The Hall–Kier alpha value is -4.51. The summed E-state index contributed by atoms with van der Waals surface area (Å²) in [7, 11) is 0. The third-order valence-electron chi connectivity index (χ3n) is 8.23. The van der Waals surface area contributed by atoms with Crippen LogP contribution in [0.3, 0.4) is 0 Å². The molecule has 1 saturated heterocycles. The van der Waals surface area contributed by atoms with Crippen molar-refractivity contribution >= 4 is 17.3 Å². The number of amides is 1. The number of carbonyl (C=O) groups is 1. The van der Waals surface area contributed by atoms with Gasteiger partial charge in [0.25, 0.3) is 11.6 Å². The fourth-order valence-corrected chi connectivity index (χ4v) is 6.19. The molecule has 246 valence electrons. The Morgan fingerprint density at radius 1 is 0.826 bits per heavy atom. The molecule has 0 radical (unpaired) electrons. The average Bonchev–Trinajstić information content (AvgIpc) is 3.06. The maximum atomic E-state index is 14.3. The second-order valence-electron chi connectivity index (χ2n) is 11.0. The summed E-state index contributed by atoms with van der Waals surface area (Å²) in [6.07, 6.45) is 1.09. The quantitative estimate of drug-likeness (QED) is 0.165. The highest BCUT2D eigenvalue weighted by Crippen LogP contribution is 2.42. The van der Waals surface area contributed by atoms with Crippen molar-refractivity contribution in [3.8, 4) is 23.0 Å². The molecule has 3 aromatic rings. The highest BCUT2D eigenvalue weighted by atomic mass is 16.6. The Kier molecular flexibility index (Phi) is 10.8. The van der Waals surface area contributed by atoms with Crippen LogP contribution >= 0.6 is 0 Å². The Bertz CT molecular complexity index is 1540. The van der Waals surface area contributed by atoms with Gasteiger partial charge < -0.3 is 33.5 Å². The summed E-state index contributed by atoms with van der Waals surface area (Å²) in [6.45, 7) is 12.2. The molecule has 0 aromatic heterocycles. The molecule has 1 fully saturated rings. The van der Waals surface area contributed by atoms with Gasteiger partial charge in [0.2, 0.25) is 0 Å². The van der Waals surface area contributed by atoms with Crippen molar-refractivity contribution in [1.29, 1.82) is 0 Å². The third-order valence-corrected chi connectivity index (χ3v) is 8.23. The van der Waals surface area contributed by atoms with Crippen LogP contribution in [-0.4, -0.2) is 75.0 Å². The molecule has 1 amide bonds. The van der Waals surface area contributed by atoms with Crippen LogP contribution < -0.4 is 23.8 Å². The Morgan fingerprint density at radius 2 is 1.46 bits per heavy atom. The Morgan fingerprint density at radius 3 is 2.11 bits per heavy atom. The molecule has 0 N–H and O–H groups in total. The molecule has 0 saturated carbocycles. The van der Waals surface area contributed by atoms with Gasteiger partial charge in [-0.3, -0.25) is 14.9 Å². The predicted molar refractivity (Wildman–Crippen MR) is 175 cm³/mol. The van der Waals surface area contributed by atoms with Crippen LogP contribution in [0, 0.1) is 10.1 Å². The number of carbonyl (C=O) groups excluding carboxylic acids is 1. The number of anilines is 1. The first-order valence-corrected chi connectivity index (χ1v) is 16.1. The molecule has 2 aliphatic rings. The molecule has 1 atom stereocenters. The smallest absolute Gasteiger partial charge is 0.293 e. The van der Waals surface area contributed by atoms with E-state index < -0.39 is 4.92 Å². The minimum absolute atomic E-state index is 0.0884. The second-order valence-corrected chi connectivity index (χ2v) is 11.0. The summed E-state index contributed by atoms with van der Waals surface area (Å²) < 4.78 is 29.0. The summed E-state index contributed by atoms with van der Waals surface area (Å²) in [4.78, 5) is 29.9. The molecule has 1 unspecified atom stereocenters. The number of hydrogen-bond acceptors (Lipinski definition) is 9. The number of fused-ring (bicyclic) bond motifs is 1. The van der Waals surface area contributed by atoms with Crippen molar-refractivity contribution in [2.45, 2.75) is 46.6 Å². The van der Waals surface area contributed by atoms with Gasteiger partial charge in [-0.05, 0) is 93.6 Å². The highest BCUT2D eigenvalue weighted by molar-refractivity contribution is 5.96. The lowest BCUT2D eigenvalue weighted by Gasteiger charge is -2.38. The van der Waals surface area contributed by atoms with Gasteiger partial charge in [0.05, 0.1) is 50.6 Å². The summed E-state index contributed by atoms with van der Waals surface area (Å²) >= 11 is 0. The molecule has 3 aromatic carbocycles. The third kappa shape index (κ3) is 7.14. The van der Waals surface area contributed by atoms with E-state index in [0.717, 1.165) is 16.7 Å². The van der Waals surface area contributed by atoms with E-state index >= 15 is 0 Å². The summed E-state index contributed by atoms with van der Waals surface area (Å²) in [5, 5.41) is 12.2. The molecule has 0 aliphatic carbocycles. The van der Waals surface area contributed by atoms with E-state index in [4.69, 9.17) is 23.7 Å². The van der Waals surface area contributed by atoms with E-state index in [1.54, 1.807) is 12.1 Å². The van der Waals surface area contributed by atoms with Crippen LogP contribution in [-0.2, 0) is 17.6 Å². The topological polar surface area (TPSA) is 113 Å². The molecular weight excluding hydrogens is 590 g/mol. The maximum Gasteiger partial charge on any atom is 0.293 e. The van der Waals surface area contributed by atoms with Crippen molar-refractivity contribution < 1.29 is 33.4 Å². The number of hydrogen-bond donors (Lipinski definition) is 0. The van der Waals surface area contributed by atoms with Gasteiger partial charge in [-0.2, -0.15) is 0 Å².